The molecule has 0 bridgehead atoms. The van der Waals surface area contributed by atoms with Crippen molar-refractivity contribution in [2.24, 2.45) is 0 Å². The van der Waals surface area contributed by atoms with Crippen molar-refractivity contribution in [1.29, 1.82) is 0 Å². The van der Waals surface area contributed by atoms with Crippen LogP contribution in [-0.2, 0) is 19.7 Å². The van der Waals surface area contributed by atoms with Crippen LogP contribution in [0.15, 0.2) is 18.2 Å². The van der Waals surface area contributed by atoms with Gasteiger partial charge in [-0.25, -0.2) is 0 Å². The lowest BCUT2D eigenvalue weighted by atomic mass is 9.75. The highest BCUT2D eigenvalue weighted by Crippen LogP contribution is 2.48. The van der Waals surface area contributed by atoms with Crippen molar-refractivity contribution in [2.45, 2.75) is 25.2 Å². The summed E-state index contributed by atoms with van der Waals surface area (Å²) in [6.07, 6.45) is 1.71. The summed E-state index contributed by atoms with van der Waals surface area (Å²) in [4.78, 5) is 26.6. The maximum atomic E-state index is 13.1. The number of thioether (sulfide) groups is 1. The lowest BCUT2D eigenvalue weighted by molar-refractivity contribution is -0.142. The monoisotopic (exact) mass is 317 g/mol. The van der Waals surface area contributed by atoms with Crippen molar-refractivity contribution >= 4 is 42.6 Å². The molecule has 0 aromatic heterocycles. The topological polar surface area (TPSA) is 46.6 Å². The van der Waals surface area contributed by atoms with E-state index in [4.69, 9.17) is 4.74 Å². The molecule has 2 aliphatic rings. The highest BCUT2D eigenvalue weighted by Gasteiger charge is 2.51. The Bertz CT molecular complexity index is 613. The molecule has 1 fully saturated rings. The van der Waals surface area contributed by atoms with E-state index in [1.807, 2.05) is 31.7 Å². The zero-order chi connectivity index (χ0) is 15.7. The SMILES string of the molecule is Bc1ccc2c(c1)C1(CCSCC1)C(=O)N2CC(=O)OCC. The van der Waals surface area contributed by atoms with Crippen LogP contribution in [0.3, 0.4) is 0 Å². The average molecular weight is 317 g/mol. The predicted octanol–water partition coefficient (Wildman–Crippen LogP) is 0.619. The summed E-state index contributed by atoms with van der Waals surface area (Å²) in [6, 6.07) is 6.09. The standard InChI is InChI=1S/C16H20BNO3S/c1-2-21-14(19)10-18-13-4-3-11(17)9-12(13)16(15(18)20)5-7-22-8-6-16/h3-4,9H,2,5-8,10,17H2,1H3. The van der Waals surface area contributed by atoms with E-state index in [9.17, 15) is 9.59 Å². The number of carbonyl (C=O) groups excluding carboxylic acids is 2. The van der Waals surface area contributed by atoms with Crippen molar-refractivity contribution in [1.82, 2.24) is 0 Å². The second-order valence-electron chi connectivity index (χ2n) is 5.91. The van der Waals surface area contributed by atoms with Crippen LogP contribution < -0.4 is 10.4 Å². The quantitative estimate of drug-likeness (QED) is 0.606. The summed E-state index contributed by atoms with van der Waals surface area (Å²) in [5.74, 6) is 1.71. The van der Waals surface area contributed by atoms with Gasteiger partial charge in [0.1, 0.15) is 14.4 Å². The molecule has 2 aliphatic heterocycles. The zero-order valence-electron chi connectivity index (χ0n) is 13.1. The Morgan fingerprint density at radius 2 is 2.14 bits per heavy atom. The van der Waals surface area contributed by atoms with E-state index in [2.05, 4.69) is 6.07 Å². The molecule has 0 unspecified atom stereocenters. The summed E-state index contributed by atoms with van der Waals surface area (Å²) >= 11 is 1.90. The number of amides is 1. The first-order chi connectivity index (χ1) is 10.6. The Kier molecular flexibility index (Phi) is 4.21. The summed E-state index contributed by atoms with van der Waals surface area (Å²) < 4.78 is 5.03. The normalized spacial score (nSPS) is 19.3. The van der Waals surface area contributed by atoms with Crippen molar-refractivity contribution in [3.63, 3.8) is 0 Å². The summed E-state index contributed by atoms with van der Waals surface area (Å²) in [6.45, 7) is 2.13. The Morgan fingerprint density at radius 3 is 2.82 bits per heavy atom. The number of anilines is 1. The molecule has 1 aromatic rings. The molecule has 0 saturated carbocycles. The molecular weight excluding hydrogens is 297 g/mol. The van der Waals surface area contributed by atoms with Crippen molar-refractivity contribution < 1.29 is 14.3 Å². The molecule has 4 nitrogen and oxygen atoms in total. The van der Waals surface area contributed by atoms with Crippen LogP contribution in [0.2, 0.25) is 0 Å². The molecule has 116 valence electrons. The van der Waals surface area contributed by atoms with Gasteiger partial charge in [0.2, 0.25) is 5.91 Å². The van der Waals surface area contributed by atoms with Gasteiger partial charge < -0.3 is 9.64 Å². The van der Waals surface area contributed by atoms with E-state index in [0.717, 1.165) is 41.1 Å². The summed E-state index contributed by atoms with van der Waals surface area (Å²) in [5, 5.41) is 0. The molecule has 22 heavy (non-hydrogen) atoms. The van der Waals surface area contributed by atoms with Gasteiger partial charge in [0.15, 0.2) is 0 Å². The van der Waals surface area contributed by atoms with Gasteiger partial charge in [-0.15, -0.1) is 0 Å². The van der Waals surface area contributed by atoms with Crippen LogP contribution in [0.25, 0.3) is 0 Å². The minimum Gasteiger partial charge on any atom is -0.465 e. The third kappa shape index (κ3) is 2.43. The number of hydrogen-bond donors (Lipinski definition) is 0. The number of benzene rings is 1. The zero-order valence-corrected chi connectivity index (χ0v) is 13.9. The van der Waals surface area contributed by atoms with E-state index >= 15 is 0 Å². The number of ether oxygens (including phenoxy) is 1. The number of esters is 1. The van der Waals surface area contributed by atoms with Crippen LogP contribution in [0, 0.1) is 0 Å². The van der Waals surface area contributed by atoms with Gasteiger partial charge in [-0.2, -0.15) is 11.8 Å². The average Bonchev–Trinajstić information content (AvgIpc) is 2.71. The van der Waals surface area contributed by atoms with E-state index in [1.165, 1.54) is 0 Å². The van der Waals surface area contributed by atoms with Gasteiger partial charge in [0.25, 0.3) is 0 Å². The van der Waals surface area contributed by atoms with E-state index in [-0.39, 0.29) is 18.4 Å². The molecule has 1 aromatic carbocycles. The van der Waals surface area contributed by atoms with Crippen LogP contribution >= 0.6 is 11.8 Å². The van der Waals surface area contributed by atoms with Crippen LogP contribution in [0.4, 0.5) is 5.69 Å². The second-order valence-corrected chi connectivity index (χ2v) is 7.14. The molecule has 0 N–H and O–H groups in total. The number of rotatable bonds is 3. The molecule has 3 rings (SSSR count). The fourth-order valence-electron chi connectivity index (χ4n) is 3.45. The Balaban J connectivity index is 2.00. The first kappa shape index (κ1) is 15.5. The summed E-state index contributed by atoms with van der Waals surface area (Å²) in [5.41, 5.74) is 2.71. The molecule has 0 atom stereocenters. The van der Waals surface area contributed by atoms with Crippen molar-refractivity contribution in [2.75, 3.05) is 29.6 Å². The number of carbonyl (C=O) groups is 2. The molecule has 0 radical (unpaired) electrons. The summed E-state index contributed by atoms with van der Waals surface area (Å²) in [7, 11) is 2.05. The maximum Gasteiger partial charge on any atom is 0.326 e. The largest absolute Gasteiger partial charge is 0.465 e. The van der Waals surface area contributed by atoms with Gasteiger partial charge in [0.05, 0.1) is 12.0 Å². The fraction of sp³-hybridized carbons (Fsp3) is 0.500. The third-order valence-electron chi connectivity index (χ3n) is 4.55. The van der Waals surface area contributed by atoms with Gasteiger partial charge in [0, 0.05) is 5.69 Å². The molecule has 6 heteroatoms. The van der Waals surface area contributed by atoms with Crippen LogP contribution in [-0.4, -0.2) is 44.4 Å². The van der Waals surface area contributed by atoms with Crippen LogP contribution in [0.1, 0.15) is 25.3 Å². The highest BCUT2D eigenvalue weighted by atomic mass is 32.2. The fourth-order valence-corrected chi connectivity index (χ4v) is 4.64. The van der Waals surface area contributed by atoms with Crippen LogP contribution in [0.5, 0.6) is 0 Å². The molecule has 1 saturated heterocycles. The minimum atomic E-state index is -0.431. The third-order valence-corrected chi connectivity index (χ3v) is 5.54. The van der Waals surface area contributed by atoms with Gasteiger partial charge in [-0.1, -0.05) is 17.6 Å². The number of fused-ring (bicyclic) bond motifs is 2. The van der Waals surface area contributed by atoms with Gasteiger partial charge in [-0.3, -0.25) is 9.59 Å². The highest BCUT2D eigenvalue weighted by molar-refractivity contribution is 7.99. The van der Waals surface area contributed by atoms with E-state index < -0.39 is 5.41 Å². The molecule has 1 spiro atoms. The first-order valence-corrected chi connectivity index (χ1v) is 8.90. The van der Waals surface area contributed by atoms with Gasteiger partial charge in [-0.05, 0) is 42.9 Å². The minimum absolute atomic E-state index is 0.0115. The van der Waals surface area contributed by atoms with E-state index in [0.29, 0.717) is 6.61 Å². The Morgan fingerprint density at radius 1 is 1.41 bits per heavy atom. The predicted molar refractivity (Wildman–Crippen MR) is 91.8 cm³/mol. The van der Waals surface area contributed by atoms with Crippen molar-refractivity contribution in [3.05, 3.63) is 23.8 Å². The van der Waals surface area contributed by atoms with E-state index in [1.54, 1.807) is 11.8 Å². The molecular formula is C16H20BNO3S. The Labute approximate surface area is 136 Å². The van der Waals surface area contributed by atoms with Gasteiger partial charge >= 0.3 is 5.97 Å². The number of nitrogens with zero attached hydrogens (tertiary/aromatic N) is 1. The molecule has 0 aliphatic carbocycles. The first-order valence-electron chi connectivity index (χ1n) is 7.75. The molecule has 2 heterocycles. The second kappa shape index (κ2) is 5.99. The lowest BCUT2D eigenvalue weighted by Crippen LogP contribution is -2.44. The molecule has 1 amide bonds. The maximum absolute atomic E-state index is 13.1. The Hall–Kier alpha value is -1.43. The van der Waals surface area contributed by atoms with Crippen molar-refractivity contribution in [3.8, 4) is 0 Å². The smallest absolute Gasteiger partial charge is 0.326 e. The number of hydrogen-bond acceptors (Lipinski definition) is 4. The lowest BCUT2D eigenvalue weighted by Gasteiger charge is -2.32.